The molecule has 104 valence electrons. The number of hydrogen-bond acceptors (Lipinski definition) is 4. The lowest BCUT2D eigenvalue weighted by atomic mass is 10.1. The van der Waals surface area contributed by atoms with E-state index in [-0.39, 0.29) is 6.61 Å². The van der Waals surface area contributed by atoms with Crippen LogP contribution in [0.25, 0.3) is 22.1 Å². The number of nitrogens with one attached hydrogen (secondary N) is 2. The monoisotopic (exact) mass is 271 g/mol. The predicted octanol–water partition coefficient (Wildman–Crippen LogP) is 1.33. The maximum Gasteiger partial charge on any atom is 0.139 e. The standard InChI is InChI=1S/C14H17N5O/c20-8-12-18-11-7-17-14-10(3-6-16-14)13(11)19(12)9-1-4-15-5-2-9/h3,6-7,9,15,20H,1-2,4-5,8H2,(H,16,17). The fourth-order valence-corrected chi connectivity index (χ4v) is 3.21. The molecule has 6 heteroatoms. The number of aliphatic hydroxyl groups excluding tert-OH is 1. The fourth-order valence-electron chi connectivity index (χ4n) is 3.21. The number of imidazole rings is 1. The third-order valence-electron chi connectivity index (χ3n) is 4.12. The summed E-state index contributed by atoms with van der Waals surface area (Å²) in [6, 6.07) is 2.43. The van der Waals surface area contributed by atoms with Crippen LogP contribution in [0, 0.1) is 0 Å². The van der Waals surface area contributed by atoms with E-state index >= 15 is 0 Å². The number of hydrogen-bond donors (Lipinski definition) is 3. The van der Waals surface area contributed by atoms with Crippen LogP contribution in [0.5, 0.6) is 0 Å². The summed E-state index contributed by atoms with van der Waals surface area (Å²) in [5.41, 5.74) is 2.82. The van der Waals surface area contributed by atoms with E-state index in [1.54, 1.807) is 6.20 Å². The van der Waals surface area contributed by atoms with Crippen molar-refractivity contribution in [1.29, 1.82) is 0 Å². The van der Waals surface area contributed by atoms with Gasteiger partial charge in [-0.2, -0.15) is 0 Å². The summed E-state index contributed by atoms with van der Waals surface area (Å²) in [6.45, 7) is 1.98. The van der Waals surface area contributed by atoms with Gasteiger partial charge in [0.2, 0.25) is 0 Å². The molecular weight excluding hydrogens is 254 g/mol. The van der Waals surface area contributed by atoms with Gasteiger partial charge in [-0.3, -0.25) is 0 Å². The molecule has 4 rings (SSSR count). The molecular formula is C14H17N5O. The lowest BCUT2D eigenvalue weighted by Gasteiger charge is -2.26. The minimum atomic E-state index is -0.0372. The predicted molar refractivity (Wildman–Crippen MR) is 76.4 cm³/mol. The van der Waals surface area contributed by atoms with Crippen LogP contribution in [-0.4, -0.2) is 37.7 Å². The molecule has 1 aliphatic heterocycles. The van der Waals surface area contributed by atoms with Crippen molar-refractivity contribution in [2.24, 2.45) is 0 Å². The number of aliphatic hydroxyl groups is 1. The molecule has 0 aromatic carbocycles. The Morgan fingerprint density at radius 1 is 1.35 bits per heavy atom. The number of pyridine rings is 1. The summed E-state index contributed by atoms with van der Waals surface area (Å²) in [5, 5.41) is 14.1. The number of nitrogens with zero attached hydrogens (tertiary/aromatic N) is 3. The lowest BCUT2D eigenvalue weighted by molar-refractivity contribution is 0.255. The Morgan fingerprint density at radius 3 is 3.00 bits per heavy atom. The van der Waals surface area contributed by atoms with Crippen molar-refractivity contribution in [3.63, 3.8) is 0 Å². The maximum atomic E-state index is 9.65. The van der Waals surface area contributed by atoms with Crippen LogP contribution >= 0.6 is 0 Å². The molecule has 0 radical (unpaired) electrons. The van der Waals surface area contributed by atoms with Gasteiger partial charge >= 0.3 is 0 Å². The van der Waals surface area contributed by atoms with E-state index in [0.29, 0.717) is 6.04 Å². The molecule has 0 aliphatic carbocycles. The average Bonchev–Trinajstić information content (AvgIpc) is 3.11. The van der Waals surface area contributed by atoms with E-state index in [9.17, 15) is 5.11 Å². The van der Waals surface area contributed by atoms with Crippen LogP contribution in [-0.2, 0) is 6.61 Å². The first-order chi connectivity index (χ1) is 9.88. The van der Waals surface area contributed by atoms with Crippen LogP contribution < -0.4 is 5.32 Å². The quantitative estimate of drug-likeness (QED) is 0.657. The molecule has 0 spiro atoms. The molecule has 3 aromatic heterocycles. The smallest absolute Gasteiger partial charge is 0.139 e. The van der Waals surface area contributed by atoms with Gasteiger partial charge in [0.25, 0.3) is 0 Å². The Bertz CT molecular complexity index is 753. The van der Waals surface area contributed by atoms with Gasteiger partial charge in [0.15, 0.2) is 0 Å². The van der Waals surface area contributed by atoms with Crippen molar-refractivity contribution in [2.45, 2.75) is 25.5 Å². The van der Waals surface area contributed by atoms with E-state index in [0.717, 1.165) is 53.8 Å². The maximum absolute atomic E-state index is 9.65. The van der Waals surface area contributed by atoms with Gasteiger partial charge in [-0.15, -0.1) is 0 Å². The van der Waals surface area contributed by atoms with Crippen LogP contribution in [0.2, 0.25) is 0 Å². The molecule has 4 heterocycles. The Morgan fingerprint density at radius 2 is 2.20 bits per heavy atom. The van der Waals surface area contributed by atoms with Crippen LogP contribution in [0.3, 0.4) is 0 Å². The minimum Gasteiger partial charge on any atom is -0.388 e. The third-order valence-corrected chi connectivity index (χ3v) is 4.12. The number of piperidine rings is 1. The summed E-state index contributed by atoms with van der Waals surface area (Å²) in [4.78, 5) is 12.1. The number of aromatic amines is 1. The molecule has 1 saturated heterocycles. The van der Waals surface area contributed by atoms with Crippen molar-refractivity contribution < 1.29 is 5.11 Å². The van der Waals surface area contributed by atoms with Gasteiger partial charge in [0.1, 0.15) is 23.6 Å². The number of fused-ring (bicyclic) bond motifs is 3. The highest BCUT2D eigenvalue weighted by molar-refractivity contribution is 6.01. The highest BCUT2D eigenvalue weighted by atomic mass is 16.3. The summed E-state index contributed by atoms with van der Waals surface area (Å²) in [5.74, 6) is 0.738. The zero-order chi connectivity index (χ0) is 13.5. The van der Waals surface area contributed by atoms with Crippen LogP contribution in [0.4, 0.5) is 0 Å². The molecule has 0 unspecified atom stereocenters. The summed E-state index contributed by atoms with van der Waals surface area (Å²) >= 11 is 0. The van der Waals surface area contributed by atoms with Gasteiger partial charge < -0.3 is 20.0 Å². The summed E-state index contributed by atoms with van der Waals surface area (Å²) in [6.07, 6.45) is 5.81. The zero-order valence-electron chi connectivity index (χ0n) is 11.1. The van der Waals surface area contributed by atoms with Gasteiger partial charge in [0, 0.05) is 17.6 Å². The van der Waals surface area contributed by atoms with Crippen molar-refractivity contribution in [1.82, 2.24) is 24.8 Å². The Labute approximate surface area is 115 Å². The fraction of sp³-hybridized carbons (Fsp3) is 0.429. The minimum absolute atomic E-state index is 0.0372. The Kier molecular flexibility index (Phi) is 2.71. The topological polar surface area (TPSA) is 78.8 Å². The second-order valence-corrected chi connectivity index (χ2v) is 5.27. The molecule has 6 nitrogen and oxygen atoms in total. The van der Waals surface area contributed by atoms with Gasteiger partial charge in [0.05, 0.1) is 11.7 Å². The SMILES string of the molecule is OCc1nc2cnc3[nH]ccc3c2n1C1CCNCC1. The van der Waals surface area contributed by atoms with Crippen LogP contribution in [0.1, 0.15) is 24.7 Å². The highest BCUT2D eigenvalue weighted by Crippen LogP contribution is 2.30. The summed E-state index contributed by atoms with van der Waals surface area (Å²) in [7, 11) is 0. The van der Waals surface area contributed by atoms with Crippen molar-refractivity contribution >= 4 is 22.1 Å². The lowest BCUT2D eigenvalue weighted by Crippen LogP contribution is -2.30. The van der Waals surface area contributed by atoms with Gasteiger partial charge in [-0.05, 0) is 32.0 Å². The van der Waals surface area contributed by atoms with Crippen molar-refractivity contribution in [2.75, 3.05) is 13.1 Å². The molecule has 0 bridgehead atoms. The van der Waals surface area contributed by atoms with E-state index in [1.165, 1.54) is 0 Å². The number of aromatic nitrogens is 4. The molecule has 0 atom stereocenters. The first-order valence-corrected chi connectivity index (χ1v) is 7.03. The highest BCUT2D eigenvalue weighted by Gasteiger charge is 2.22. The second kappa shape index (κ2) is 4.57. The molecule has 0 saturated carbocycles. The van der Waals surface area contributed by atoms with Crippen molar-refractivity contribution in [3.8, 4) is 0 Å². The number of H-pyrrole nitrogens is 1. The Hall–Kier alpha value is -1.92. The largest absolute Gasteiger partial charge is 0.388 e. The summed E-state index contributed by atoms with van der Waals surface area (Å²) < 4.78 is 2.22. The molecule has 1 fully saturated rings. The second-order valence-electron chi connectivity index (χ2n) is 5.27. The first kappa shape index (κ1) is 11.9. The molecule has 3 N–H and O–H groups in total. The Balaban J connectivity index is 2.01. The third kappa shape index (κ3) is 1.65. The van der Waals surface area contributed by atoms with Crippen LogP contribution in [0.15, 0.2) is 18.5 Å². The van der Waals surface area contributed by atoms with E-state index in [1.807, 2.05) is 12.3 Å². The number of rotatable bonds is 2. The molecule has 3 aromatic rings. The normalized spacial score (nSPS) is 17.2. The first-order valence-electron chi connectivity index (χ1n) is 7.03. The van der Waals surface area contributed by atoms with Gasteiger partial charge in [-0.25, -0.2) is 9.97 Å². The molecule has 20 heavy (non-hydrogen) atoms. The van der Waals surface area contributed by atoms with E-state index in [2.05, 4.69) is 24.8 Å². The zero-order valence-corrected chi connectivity index (χ0v) is 11.1. The average molecular weight is 271 g/mol. The van der Waals surface area contributed by atoms with Crippen molar-refractivity contribution in [3.05, 3.63) is 24.3 Å². The van der Waals surface area contributed by atoms with E-state index in [4.69, 9.17) is 0 Å². The molecule has 1 aliphatic rings. The van der Waals surface area contributed by atoms with E-state index < -0.39 is 0 Å². The van der Waals surface area contributed by atoms with Gasteiger partial charge in [-0.1, -0.05) is 0 Å². The molecule has 0 amide bonds.